The largest absolute Gasteiger partial charge is 0.478 e. The number of hydrogen-bond acceptors (Lipinski definition) is 7. The van der Waals surface area contributed by atoms with E-state index in [9.17, 15) is 24.6 Å². The lowest BCUT2D eigenvalue weighted by atomic mass is 10.1. The van der Waals surface area contributed by atoms with Crippen LogP contribution in [0.4, 0.5) is 0 Å². The summed E-state index contributed by atoms with van der Waals surface area (Å²) in [5, 5.41) is 37.1. The lowest BCUT2D eigenvalue weighted by Crippen LogP contribution is -2.38. The van der Waals surface area contributed by atoms with Gasteiger partial charge in [0.25, 0.3) is 5.56 Å². The van der Waals surface area contributed by atoms with Gasteiger partial charge >= 0.3 is 11.7 Å². The Morgan fingerprint density at radius 1 is 1.36 bits per heavy atom. The van der Waals surface area contributed by atoms with E-state index >= 15 is 0 Å². The highest BCUT2D eigenvalue weighted by molar-refractivity contribution is 5.85. The van der Waals surface area contributed by atoms with Crippen LogP contribution in [-0.2, 0) is 9.53 Å². The minimum atomic E-state index is -1.50. The third-order valence-electron chi connectivity index (χ3n) is 3.19. The molecule has 1 aromatic heterocycles. The predicted molar refractivity (Wildman–Crippen MR) is 71.0 cm³/mol. The summed E-state index contributed by atoms with van der Waals surface area (Å²) in [4.78, 5) is 35.8. The van der Waals surface area contributed by atoms with Crippen LogP contribution < -0.4 is 11.2 Å². The first kappa shape index (κ1) is 16.1. The van der Waals surface area contributed by atoms with Crippen LogP contribution in [0.25, 0.3) is 6.08 Å². The molecule has 2 unspecified atom stereocenters. The van der Waals surface area contributed by atoms with Gasteiger partial charge < -0.3 is 25.2 Å². The minimum Gasteiger partial charge on any atom is -0.478 e. The van der Waals surface area contributed by atoms with Gasteiger partial charge in [0.15, 0.2) is 6.23 Å². The number of ether oxygens (including phenoxy) is 1. The van der Waals surface area contributed by atoms with E-state index in [0.29, 0.717) is 6.08 Å². The molecule has 0 saturated carbocycles. The summed E-state index contributed by atoms with van der Waals surface area (Å²) in [6.07, 6.45) is -2.65. The van der Waals surface area contributed by atoms with Crippen LogP contribution in [0.5, 0.6) is 0 Å². The van der Waals surface area contributed by atoms with Gasteiger partial charge in [-0.1, -0.05) is 0 Å². The van der Waals surface area contributed by atoms with Crippen molar-refractivity contribution in [3.8, 4) is 0 Å². The molecule has 1 saturated heterocycles. The summed E-state index contributed by atoms with van der Waals surface area (Å²) in [7, 11) is 0. The van der Waals surface area contributed by atoms with Crippen LogP contribution in [0.15, 0.2) is 21.9 Å². The van der Waals surface area contributed by atoms with Crippen molar-refractivity contribution in [2.75, 3.05) is 6.61 Å². The number of aliphatic hydroxyl groups excluding tert-OH is 3. The summed E-state index contributed by atoms with van der Waals surface area (Å²) in [5.74, 6) is -1.29. The molecule has 5 N–H and O–H groups in total. The zero-order valence-electron chi connectivity index (χ0n) is 11.1. The average Bonchev–Trinajstić information content (AvgIpc) is 2.74. The highest BCUT2D eigenvalue weighted by Crippen LogP contribution is 2.27. The lowest BCUT2D eigenvalue weighted by molar-refractivity contribution is -0.131. The van der Waals surface area contributed by atoms with Crippen LogP contribution in [0.3, 0.4) is 0 Å². The van der Waals surface area contributed by atoms with Crippen LogP contribution in [0, 0.1) is 0 Å². The minimum absolute atomic E-state index is 0.153. The molecule has 1 aliphatic rings. The van der Waals surface area contributed by atoms with Gasteiger partial charge in [-0.3, -0.25) is 14.3 Å². The Bertz CT molecular complexity index is 706. The molecule has 4 atom stereocenters. The molecule has 2 heterocycles. The molecule has 120 valence electrons. The van der Waals surface area contributed by atoms with Gasteiger partial charge in [-0.15, -0.1) is 0 Å². The number of aliphatic hydroxyl groups is 3. The van der Waals surface area contributed by atoms with E-state index < -0.39 is 48.4 Å². The zero-order chi connectivity index (χ0) is 16.4. The predicted octanol–water partition coefficient (Wildman–Crippen LogP) is -2.75. The molecule has 0 aromatic carbocycles. The summed E-state index contributed by atoms with van der Waals surface area (Å²) in [5.41, 5.74) is -1.88. The molecule has 0 amide bonds. The maximum atomic E-state index is 11.8. The number of carboxylic acids is 1. The fraction of sp³-hybridized carbons (Fsp3) is 0.417. The Kier molecular flexibility index (Phi) is 4.56. The Hall–Kier alpha value is -2.27. The second-order valence-electron chi connectivity index (χ2n) is 4.65. The number of hydrogen-bond donors (Lipinski definition) is 5. The molecule has 1 fully saturated rings. The van der Waals surface area contributed by atoms with Crippen LogP contribution in [-0.4, -0.2) is 60.9 Å². The number of aliphatic carboxylic acids is 1. The number of nitrogens with zero attached hydrogens (tertiary/aromatic N) is 1. The second-order valence-corrected chi connectivity index (χ2v) is 4.65. The molecular weight excluding hydrogens is 300 g/mol. The van der Waals surface area contributed by atoms with Crippen molar-refractivity contribution in [1.29, 1.82) is 0 Å². The van der Waals surface area contributed by atoms with Crippen molar-refractivity contribution in [3.63, 3.8) is 0 Å². The molecule has 0 bridgehead atoms. The van der Waals surface area contributed by atoms with Crippen molar-refractivity contribution in [2.45, 2.75) is 24.5 Å². The van der Waals surface area contributed by atoms with E-state index in [-0.39, 0.29) is 5.56 Å². The third kappa shape index (κ3) is 2.99. The van der Waals surface area contributed by atoms with E-state index in [1.165, 1.54) is 0 Å². The van der Waals surface area contributed by atoms with Crippen molar-refractivity contribution in [1.82, 2.24) is 9.55 Å². The quantitative estimate of drug-likeness (QED) is 0.373. The number of carbonyl (C=O) groups is 1. The smallest absolute Gasteiger partial charge is 0.330 e. The van der Waals surface area contributed by atoms with E-state index in [1.807, 2.05) is 4.98 Å². The molecule has 0 aliphatic carbocycles. The number of nitrogens with one attached hydrogen (secondary N) is 1. The van der Waals surface area contributed by atoms with E-state index in [4.69, 9.17) is 14.9 Å². The van der Waals surface area contributed by atoms with Gasteiger partial charge in [-0.05, 0) is 6.08 Å². The van der Waals surface area contributed by atoms with E-state index in [2.05, 4.69) is 0 Å². The molecule has 10 heteroatoms. The zero-order valence-corrected chi connectivity index (χ0v) is 11.1. The molecular formula is C12H14N2O8. The van der Waals surface area contributed by atoms with Gasteiger partial charge in [0, 0.05) is 12.3 Å². The number of aromatic amines is 1. The Balaban J connectivity index is 2.44. The van der Waals surface area contributed by atoms with Gasteiger partial charge in [0.1, 0.15) is 18.3 Å². The monoisotopic (exact) mass is 314 g/mol. The topological polar surface area (TPSA) is 162 Å². The average molecular weight is 314 g/mol. The first-order valence-corrected chi connectivity index (χ1v) is 6.24. The Morgan fingerprint density at radius 3 is 2.59 bits per heavy atom. The molecule has 0 spiro atoms. The van der Waals surface area contributed by atoms with Gasteiger partial charge in [-0.2, -0.15) is 0 Å². The SMILES string of the molecule is O=C(O)/C=C/c1cn([C@@H]2O[C@H](CO)C(O)C2O)c(=O)[nH]c1=O. The second kappa shape index (κ2) is 6.23. The molecule has 0 radical (unpaired) electrons. The van der Waals surface area contributed by atoms with Crippen LogP contribution in [0.2, 0.25) is 0 Å². The Labute approximate surface area is 122 Å². The fourth-order valence-electron chi connectivity index (χ4n) is 2.08. The lowest BCUT2D eigenvalue weighted by Gasteiger charge is -2.17. The van der Waals surface area contributed by atoms with Crippen molar-refractivity contribution < 1.29 is 30.0 Å². The van der Waals surface area contributed by atoms with Crippen molar-refractivity contribution in [2.24, 2.45) is 0 Å². The van der Waals surface area contributed by atoms with E-state index in [1.54, 1.807) is 0 Å². The van der Waals surface area contributed by atoms with E-state index in [0.717, 1.165) is 16.8 Å². The van der Waals surface area contributed by atoms with Crippen molar-refractivity contribution >= 4 is 12.0 Å². The van der Waals surface area contributed by atoms with Gasteiger partial charge in [0.05, 0.1) is 12.2 Å². The first-order chi connectivity index (χ1) is 10.3. The Morgan fingerprint density at radius 2 is 2.05 bits per heavy atom. The molecule has 1 aliphatic heterocycles. The van der Waals surface area contributed by atoms with Gasteiger partial charge in [-0.25, -0.2) is 9.59 Å². The van der Waals surface area contributed by atoms with Crippen molar-refractivity contribution in [3.05, 3.63) is 38.7 Å². The molecule has 10 nitrogen and oxygen atoms in total. The summed E-state index contributed by atoms with van der Waals surface area (Å²) >= 11 is 0. The van der Waals surface area contributed by atoms with Crippen LogP contribution >= 0.6 is 0 Å². The third-order valence-corrected chi connectivity index (χ3v) is 3.19. The number of H-pyrrole nitrogens is 1. The normalized spacial score (nSPS) is 28.3. The molecule has 2 rings (SSSR count). The number of carboxylic acid groups (broad SMARTS) is 1. The molecule has 22 heavy (non-hydrogen) atoms. The highest BCUT2D eigenvalue weighted by atomic mass is 16.6. The summed E-state index contributed by atoms with van der Waals surface area (Å²) < 4.78 is 5.98. The highest BCUT2D eigenvalue weighted by Gasteiger charge is 2.43. The van der Waals surface area contributed by atoms with Gasteiger partial charge in [0.2, 0.25) is 0 Å². The first-order valence-electron chi connectivity index (χ1n) is 6.24. The maximum Gasteiger partial charge on any atom is 0.330 e. The number of aromatic nitrogens is 2. The fourth-order valence-corrected chi connectivity index (χ4v) is 2.08. The maximum absolute atomic E-state index is 11.8. The summed E-state index contributed by atoms with van der Waals surface area (Å²) in [6.45, 7) is -0.571. The molecule has 1 aromatic rings. The number of rotatable bonds is 4. The van der Waals surface area contributed by atoms with Crippen LogP contribution in [0.1, 0.15) is 11.8 Å². The summed E-state index contributed by atoms with van der Waals surface area (Å²) in [6, 6.07) is 0. The standard InChI is InChI=1S/C12H14N2O8/c15-4-6-8(18)9(19)11(22-6)14-3-5(1-2-7(16)17)10(20)13-12(14)21/h1-3,6,8-9,11,15,18-19H,4H2,(H,16,17)(H,13,20,21)/b2-1+/t6-,8?,9?,11-/m1/s1.